The molecule has 0 amide bonds. The average Bonchev–Trinajstić information content (AvgIpc) is 2.59. The third kappa shape index (κ3) is 4.95. The molecule has 28 heavy (non-hydrogen) atoms. The van der Waals surface area contributed by atoms with Crippen molar-refractivity contribution in [3.05, 3.63) is 52.0 Å². The number of rotatable bonds is 5. The van der Waals surface area contributed by atoms with Crippen LogP contribution in [0.2, 0.25) is 0 Å². The van der Waals surface area contributed by atoms with Crippen LogP contribution in [0.5, 0.6) is 11.5 Å². The van der Waals surface area contributed by atoms with E-state index in [1.165, 1.54) is 18.2 Å². The molecule has 0 aromatic heterocycles. The standard InChI is InChI=1S/C16H9BrF5N5O/c17-9-2-1-8(5-12(9)26-27-13(6-23)15(24)25)28-14-10(18)3-7(4-11(14)19)16(20,21)22/h1-5,26H,(H3,24,25)/b27-13+. The number of halogens is 6. The highest BCUT2D eigenvalue weighted by molar-refractivity contribution is 9.10. The number of nitrogens with two attached hydrogens (primary N) is 1. The van der Waals surface area contributed by atoms with Crippen molar-refractivity contribution in [3.8, 4) is 17.6 Å². The van der Waals surface area contributed by atoms with Crippen LogP contribution >= 0.6 is 15.9 Å². The second-order valence-electron chi connectivity index (χ2n) is 5.11. The van der Waals surface area contributed by atoms with Crippen LogP contribution in [-0.2, 0) is 6.18 Å². The van der Waals surface area contributed by atoms with Crippen molar-refractivity contribution in [3.63, 3.8) is 0 Å². The summed E-state index contributed by atoms with van der Waals surface area (Å²) in [6.45, 7) is 0. The maximum Gasteiger partial charge on any atom is 0.416 e. The van der Waals surface area contributed by atoms with Gasteiger partial charge in [0.25, 0.3) is 0 Å². The largest absolute Gasteiger partial charge is 0.451 e. The normalized spacial score (nSPS) is 11.7. The molecule has 0 radical (unpaired) electrons. The van der Waals surface area contributed by atoms with Gasteiger partial charge in [-0.3, -0.25) is 10.8 Å². The summed E-state index contributed by atoms with van der Waals surface area (Å²) in [4.78, 5) is 0. The topological polar surface area (TPSA) is 107 Å². The van der Waals surface area contributed by atoms with Gasteiger partial charge in [0, 0.05) is 10.5 Å². The number of benzene rings is 2. The lowest BCUT2D eigenvalue weighted by molar-refractivity contribution is -0.138. The van der Waals surface area contributed by atoms with Crippen LogP contribution in [0, 0.1) is 28.4 Å². The fourth-order valence-corrected chi connectivity index (χ4v) is 2.19. The fraction of sp³-hybridized carbons (Fsp3) is 0.0625. The average molecular weight is 462 g/mol. The van der Waals surface area contributed by atoms with Crippen molar-refractivity contribution >= 4 is 33.2 Å². The van der Waals surface area contributed by atoms with Gasteiger partial charge in [0.2, 0.25) is 5.71 Å². The van der Waals surface area contributed by atoms with Gasteiger partial charge in [-0.05, 0) is 40.2 Å². The Balaban J connectivity index is 2.34. The maximum atomic E-state index is 13.9. The lowest BCUT2D eigenvalue weighted by atomic mass is 10.2. The van der Waals surface area contributed by atoms with Crippen LogP contribution in [-0.4, -0.2) is 11.5 Å². The Bertz CT molecular complexity index is 977. The molecule has 0 aliphatic rings. The van der Waals surface area contributed by atoms with Gasteiger partial charge >= 0.3 is 6.18 Å². The number of nitriles is 1. The number of hydrazone groups is 1. The van der Waals surface area contributed by atoms with Gasteiger partial charge in [0.05, 0.1) is 11.3 Å². The molecule has 0 aliphatic heterocycles. The third-order valence-corrected chi connectivity index (χ3v) is 3.82. The Labute approximate surface area is 163 Å². The van der Waals surface area contributed by atoms with Gasteiger partial charge in [-0.2, -0.15) is 23.5 Å². The SMILES string of the molecule is N#C/C(=N\Nc1cc(Oc2c(F)cc(C(F)(F)F)cc2F)ccc1Br)C(=N)N. The van der Waals surface area contributed by atoms with Gasteiger partial charge in [0.1, 0.15) is 11.8 Å². The molecular formula is C16H9BrF5N5O. The molecule has 0 fully saturated rings. The molecule has 2 aromatic rings. The monoisotopic (exact) mass is 461 g/mol. The smallest absolute Gasteiger partial charge is 0.416 e. The van der Waals surface area contributed by atoms with Crippen molar-refractivity contribution < 1.29 is 26.7 Å². The van der Waals surface area contributed by atoms with E-state index < -0.39 is 40.7 Å². The van der Waals surface area contributed by atoms with E-state index in [-0.39, 0.29) is 23.6 Å². The van der Waals surface area contributed by atoms with E-state index in [1.54, 1.807) is 6.07 Å². The fourth-order valence-electron chi connectivity index (χ4n) is 1.85. The predicted octanol–water partition coefficient (Wildman–Crippen LogP) is 4.77. The highest BCUT2D eigenvalue weighted by Crippen LogP contribution is 2.36. The molecule has 0 aliphatic carbocycles. The van der Waals surface area contributed by atoms with Crippen LogP contribution in [0.1, 0.15) is 5.56 Å². The summed E-state index contributed by atoms with van der Waals surface area (Å²) >= 11 is 3.16. The van der Waals surface area contributed by atoms with Gasteiger partial charge < -0.3 is 10.5 Å². The minimum Gasteiger partial charge on any atom is -0.451 e. The molecule has 146 valence electrons. The van der Waals surface area contributed by atoms with Crippen LogP contribution in [0.25, 0.3) is 0 Å². The molecule has 2 aromatic carbocycles. The molecule has 0 heterocycles. The van der Waals surface area contributed by atoms with Crippen LogP contribution < -0.4 is 15.9 Å². The first kappa shape index (κ1) is 21.1. The number of nitrogens with zero attached hydrogens (tertiary/aromatic N) is 2. The van der Waals surface area contributed by atoms with Crippen molar-refractivity contribution in [1.29, 1.82) is 10.7 Å². The molecular weight excluding hydrogens is 453 g/mol. The first-order valence-corrected chi connectivity index (χ1v) is 7.94. The summed E-state index contributed by atoms with van der Waals surface area (Å²) in [6.07, 6.45) is -4.91. The molecule has 0 saturated heterocycles. The number of hydrogen-bond acceptors (Lipinski definition) is 5. The predicted molar refractivity (Wildman–Crippen MR) is 94.2 cm³/mol. The molecule has 2 rings (SSSR count). The van der Waals surface area contributed by atoms with Gasteiger partial charge in [0.15, 0.2) is 23.2 Å². The third-order valence-electron chi connectivity index (χ3n) is 3.13. The summed E-state index contributed by atoms with van der Waals surface area (Å²) in [6, 6.07) is 5.70. The molecule has 0 atom stereocenters. The molecule has 6 nitrogen and oxygen atoms in total. The molecule has 0 spiro atoms. The molecule has 4 N–H and O–H groups in total. The molecule has 0 saturated carbocycles. The summed E-state index contributed by atoms with van der Waals surface area (Å²) in [5, 5.41) is 19.5. The van der Waals surface area contributed by atoms with Crippen LogP contribution in [0.15, 0.2) is 39.9 Å². The second-order valence-corrected chi connectivity index (χ2v) is 5.96. The lowest BCUT2D eigenvalue weighted by Crippen LogP contribution is -2.21. The Morgan fingerprint density at radius 3 is 2.32 bits per heavy atom. The zero-order valence-corrected chi connectivity index (χ0v) is 15.1. The van der Waals surface area contributed by atoms with Crippen LogP contribution in [0.4, 0.5) is 27.6 Å². The first-order chi connectivity index (χ1) is 13.0. The van der Waals surface area contributed by atoms with E-state index >= 15 is 0 Å². The zero-order chi connectivity index (χ0) is 21.1. The number of alkyl halides is 3. The van der Waals surface area contributed by atoms with Crippen molar-refractivity contribution in [1.82, 2.24) is 0 Å². The highest BCUT2D eigenvalue weighted by atomic mass is 79.9. The minimum atomic E-state index is -4.91. The van der Waals surface area contributed by atoms with E-state index in [4.69, 9.17) is 21.1 Å². The van der Waals surface area contributed by atoms with Crippen LogP contribution in [0.3, 0.4) is 0 Å². The van der Waals surface area contributed by atoms with Crippen molar-refractivity contribution in [2.24, 2.45) is 10.8 Å². The van der Waals surface area contributed by atoms with E-state index in [1.807, 2.05) is 0 Å². The first-order valence-electron chi connectivity index (χ1n) is 7.14. The Kier molecular flexibility index (Phi) is 6.19. The van der Waals surface area contributed by atoms with Crippen molar-refractivity contribution in [2.45, 2.75) is 6.18 Å². The van der Waals surface area contributed by atoms with E-state index in [0.717, 1.165) is 0 Å². The van der Waals surface area contributed by atoms with Gasteiger partial charge in [-0.15, -0.1) is 0 Å². The van der Waals surface area contributed by atoms with E-state index in [9.17, 15) is 22.0 Å². The Morgan fingerprint density at radius 2 is 1.82 bits per heavy atom. The quantitative estimate of drug-likeness (QED) is 0.258. The number of ether oxygens (including phenoxy) is 1. The summed E-state index contributed by atoms with van der Waals surface area (Å²) in [5.41, 5.74) is 5.82. The summed E-state index contributed by atoms with van der Waals surface area (Å²) in [7, 11) is 0. The Morgan fingerprint density at radius 1 is 1.21 bits per heavy atom. The molecule has 0 unspecified atom stereocenters. The maximum absolute atomic E-state index is 13.9. The number of anilines is 1. The van der Waals surface area contributed by atoms with Gasteiger partial charge in [-0.1, -0.05) is 0 Å². The minimum absolute atomic E-state index is 0.118. The number of hydrogen-bond donors (Lipinski definition) is 3. The Hall–Kier alpha value is -3.20. The number of nitrogens with one attached hydrogen (secondary N) is 2. The number of amidine groups is 1. The zero-order valence-electron chi connectivity index (χ0n) is 13.5. The second kappa shape index (κ2) is 8.22. The molecule has 0 bridgehead atoms. The van der Waals surface area contributed by atoms with E-state index in [2.05, 4.69) is 26.5 Å². The lowest BCUT2D eigenvalue weighted by Gasteiger charge is -2.13. The highest BCUT2D eigenvalue weighted by Gasteiger charge is 2.33. The van der Waals surface area contributed by atoms with Crippen molar-refractivity contribution in [2.75, 3.05) is 5.43 Å². The van der Waals surface area contributed by atoms with Gasteiger partial charge in [-0.25, -0.2) is 8.78 Å². The summed E-state index contributed by atoms with van der Waals surface area (Å²) in [5.74, 6) is -4.82. The van der Waals surface area contributed by atoms with E-state index in [0.29, 0.717) is 4.47 Å². The summed E-state index contributed by atoms with van der Waals surface area (Å²) < 4.78 is 71.0. The molecule has 12 heteroatoms.